The zero-order chi connectivity index (χ0) is 17.1. The van der Waals surface area contributed by atoms with E-state index in [2.05, 4.69) is 11.9 Å². The summed E-state index contributed by atoms with van der Waals surface area (Å²) in [7, 11) is 1.74. The number of nitrogens with two attached hydrogens (primary N) is 1. The summed E-state index contributed by atoms with van der Waals surface area (Å²) < 4.78 is 0. The highest BCUT2D eigenvalue weighted by molar-refractivity contribution is 6.30. The molecule has 0 radical (unpaired) electrons. The van der Waals surface area contributed by atoms with Crippen molar-refractivity contribution in [1.29, 1.82) is 0 Å². The molecule has 0 unspecified atom stereocenters. The van der Waals surface area contributed by atoms with Crippen molar-refractivity contribution in [1.82, 2.24) is 9.88 Å². The lowest BCUT2D eigenvalue weighted by molar-refractivity contribution is 0.0721. The lowest BCUT2D eigenvalue weighted by Gasteiger charge is -2.30. The van der Waals surface area contributed by atoms with Gasteiger partial charge in [-0.2, -0.15) is 0 Å². The molecular weight excluding hydrogens is 314 g/mol. The first-order valence-electron chi connectivity index (χ1n) is 7.32. The van der Waals surface area contributed by atoms with E-state index in [9.17, 15) is 9.59 Å². The molecule has 0 bridgehead atoms. The summed E-state index contributed by atoms with van der Waals surface area (Å²) in [6.07, 6.45) is 1.44. The maximum atomic E-state index is 12.5. The van der Waals surface area contributed by atoms with E-state index in [1.807, 2.05) is 31.2 Å². The number of nitrogens with zero attached hydrogens (tertiary/aromatic N) is 1. The third-order valence-electron chi connectivity index (χ3n) is 4.25. The Morgan fingerprint density at radius 3 is 2.35 bits per heavy atom. The molecule has 0 saturated carbocycles. The van der Waals surface area contributed by atoms with Gasteiger partial charge in [0.2, 0.25) is 5.91 Å². The minimum absolute atomic E-state index is 0.0380. The molecule has 0 aliphatic carbocycles. The van der Waals surface area contributed by atoms with Crippen LogP contribution in [0.2, 0.25) is 5.02 Å². The van der Waals surface area contributed by atoms with Crippen LogP contribution in [0.25, 0.3) is 0 Å². The van der Waals surface area contributed by atoms with Crippen LogP contribution in [0.15, 0.2) is 36.5 Å². The van der Waals surface area contributed by atoms with Crippen LogP contribution in [0.4, 0.5) is 0 Å². The molecule has 122 valence electrons. The number of carbonyl (C=O) groups excluding carboxylic acids is 2. The molecule has 2 rings (SSSR count). The van der Waals surface area contributed by atoms with E-state index in [1.54, 1.807) is 11.9 Å². The number of rotatable bonds is 5. The Bertz CT molecular complexity index is 709. The molecule has 2 aromatic rings. The molecule has 1 heterocycles. The Morgan fingerprint density at radius 1 is 1.22 bits per heavy atom. The highest BCUT2D eigenvalue weighted by Gasteiger charge is 2.24. The van der Waals surface area contributed by atoms with E-state index in [0.29, 0.717) is 16.3 Å². The molecule has 0 spiro atoms. The highest BCUT2D eigenvalue weighted by atomic mass is 35.5. The molecule has 0 aliphatic rings. The molecule has 6 heteroatoms. The number of primary amides is 1. The number of aromatic nitrogens is 1. The number of carbonyl (C=O) groups is 2. The number of benzene rings is 1. The van der Waals surface area contributed by atoms with Gasteiger partial charge in [-0.3, -0.25) is 9.59 Å². The van der Waals surface area contributed by atoms with Crippen molar-refractivity contribution in [2.45, 2.75) is 25.8 Å². The predicted molar refractivity (Wildman–Crippen MR) is 90.7 cm³/mol. The fourth-order valence-electron chi connectivity index (χ4n) is 2.42. The number of nitrogens with one attached hydrogen (secondary N) is 1. The highest BCUT2D eigenvalue weighted by Crippen LogP contribution is 2.24. The summed E-state index contributed by atoms with van der Waals surface area (Å²) in [5.41, 5.74) is 6.94. The summed E-state index contributed by atoms with van der Waals surface area (Å²) in [4.78, 5) is 28.1. The van der Waals surface area contributed by atoms with Gasteiger partial charge in [-0.25, -0.2) is 0 Å². The van der Waals surface area contributed by atoms with Crippen LogP contribution < -0.4 is 5.73 Å². The van der Waals surface area contributed by atoms with Crippen LogP contribution in [0.5, 0.6) is 0 Å². The van der Waals surface area contributed by atoms with Gasteiger partial charge in [0.05, 0.1) is 5.56 Å². The topological polar surface area (TPSA) is 79.2 Å². The van der Waals surface area contributed by atoms with Crippen LogP contribution in [-0.2, 0) is 0 Å². The summed E-state index contributed by atoms with van der Waals surface area (Å²) in [6, 6.07) is 9.03. The number of amides is 2. The third kappa shape index (κ3) is 3.74. The van der Waals surface area contributed by atoms with Gasteiger partial charge in [-0.05, 0) is 30.7 Å². The maximum absolute atomic E-state index is 12.5. The van der Waals surface area contributed by atoms with Gasteiger partial charge in [0, 0.05) is 30.2 Å². The molecular formula is C17H20ClN3O2. The first-order valence-corrected chi connectivity index (χ1v) is 7.70. The molecule has 2 amide bonds. The van der Waals surface area contributed by atoms with Crippen molar-refractivity contribution in [3.05, 3.63) is 58.4 Å². The van der Waals surface area contributed by atoms with Crippen molar-refractivity contribution >= 4 is 23.4 Å². The molecule has 1 aromatic heterocycles. The lowest BCUT2D eigenvalue weighted by Crippen LogP contribution is -2.38. The average Bonchev–Trinajstić information content (AvgIpc) is 3.03. The second-order valence-corrected chi connectivity index (χ2v) is 6.10. The number of H-pyrrole nitrogens is 1. The first-order chi connectivity index (χ1) is 10.8. The Kier molecular flexibility index (Phi) is 5.11. The van der Waals surface area contributed by atoms with Crippen LogP contribution >= 0.6 is 11.6 Å². The van der Waals surface area contributed by atoms with Crippen molar-refractivity contribution in [3.63, 3.8) is 0 Å². The Morgan fingerprint density at radius 2 is 1.83 bits per heavy atom. The number of hydrogen-bond acceptors (Lipinski definition) is 2. The molecule has 0 aliphatic heterocycles. The largest absolute Gasteiger partial charge is 0.366 e. The molecule has 5 nitrogen and oxygen atoms in total. The molecule has 3 N–H and O–H groups in total. The van der Waals surface area contributed by atoms with Crippen molar-refractivity contribution in [3.8, 4) is 0 Å². The lowest BCUT2D eigenvalue weighted by atomic mass is 9.93. The molecule has 0 fully saturated rings. The third-order valence-corrected chi connectivity index (χ3v) is 4.50. The monoisotopic (exact) mass is 333 g/mol. The van der Waals surface area contributed by atoms with Crippen LogP contribution in [0, 0.1) is 0 Å². The van der Waals surface area contributed by atoms with Crippen LogP contribution in [0.3, 0.4) is 0 Å². The fourth-order valence-corrected chi connectivity index (χ4v) is 2.54. The quantitative estimate of drug-likeness (QED) is 0.882. The number of hydrogen-bond donors (Lipinski definition) is 2. The predicted octanol–water partition coefficient (Wildman–Crippen LogP) is 3.03. The van der Waals surface area contributed by atoms with Gasteiger partial charge in [-0.15, -0.1) is 0 Å². The molecule has 0 saturated heterocycles. The number of halogens is 1. The zero-order valence-corrected chi connectivity index (χ0v) is 14.1. The van der Waals surface area contributed by atoms with Gasteiger partial charge in [0.25, 0.3) is 5.91 Å². The Hall–Kier alpha value is -2.27. The molecule has 1 aromatic carbocycles. The first kappa shape index (κ1) is 17.1. The minimum Gasteiger partial charge on any atom is -0.366 e. The normalized spacial score (nSPS) is 13.4. The average molecular weight is 334 g/mol. The van der Waals surface area contributed by atoms with Gasteiger partial charge >= 0.3 is 0 Å². The van der Waals surface area contributed by atoms with Gasteiger partial charge < -0.3 is 15.6 Å². The van der Waals surface area contributed by atoms with E-state index in [1.165, 1.54) is 12.3 Å². The van der Waals surface area contributed by atoms with Gasteiger partial charge in [-0.1, -0.05) is 30.7 Å². The maximum Gasteiger partial charge on any atom is 0.270 e. The smallest absolute Gasteiger partial charge is 0.270 e. The van der Waals surface area contributed by atoms with Gasteiger partial charge in [0.15, 0.2) is 0 Å². The number of likely N-dealkylation sites (N-methyl/N-ethyl adjacent to an activating group) is 1. The SMILES string of the molecule is C[C@@H](c1ccc(Cl)cc1)[C@H](C)N(C)C(=O)c1cc(C(N)=O)c[nH]1. The Labute approximate surface area is 140 Å². The summed E-state index contributed by atoms with van der Waals surface area (Å²) in [5, 5.41) is 0.684. The summed E-state index contributed by atoms with van der Waals surface area (Å²) in [5.74, 6) is -0.622. The second kappa shape index (κ2) is 6.87. The molecule has 23 heavy (non-hydrogen) atoms. The van der Waals surface area contributed by atoms with E-state index < -0.39 is 5.91 Å². The van der Waals surface area contributed by atoms with E-state index in [4.69, 9.17) is 17.3 Å². The van der Waals surface area contributed by atoms with Gasteiger partial charge in [0.1, 0.15) is 5.69 Å². The Balaban J connectivity index is 2.14. The van der Waals surface area contributed by atoms with Crippen LogP contribution in [-0.4, -0.2) is 34.8 Å². The standard InChI is InChI=1S/C17H20ClN3O2/c1-10(12-4-6-14(18)7-5-12)11(2)21(3)17(23)15-8-13(9-20-15)16(19)22/h4-11,20H,1-3H3,(H2,19,22)/t10-,11+/m1/s1. The summed E-state index contributed by atoms with van der Waals surface area (Å²) in [6.45, 7) is 4.04. The zero-order valence-electron chi connectivity index (χ0n) is 13.3. The number of aromatic amines is 1. The minimum atomic E-state index is -0.564. The van der Waals surface area contributed by atoms with E-state index in [0.717, 1.165) is 5.56 Å². The fraction of sp³-hybridized carbons (Fsp3) is 0.294. The van der Waals surface area contributed by atoms with Crippen molar-refractivity contribution in [2.24, 2.45) is 5.73 Å². The van der Waals surface area contributed by atoms with Crippen molar-refractivity contribution in [2.75, 3.05) is 7.05 Å². The summed E-state index contributed by atoms with van der Waals surface area (Å²) >= 11 is 5.91. The second-order valence-electron chi connectivity index (χ2n) is 5.66. The van der Waals surface area contributed by atoms with E-state index >= 15 is 0 Å². The van der Waals surface area contributed by atoms with E-state index in [-0.39, 0.29) is 17.9 Å². The van der Waals surface area contributed by atoms with Crippen molar-refractivity contribution < 1.29 is 9.59 Å². The molecule has 2 atom stereocenters. The van der Waals surface area contributed by atoms with Crippen LogP contribution in [0.1, 0.15) is 46.2 Å².